The monoisotopic (exact) mass is 267 g/mol. The Kier molecular flexibility index (Phi) is 4.59. The minimum absolute atomic E-state index is 0.339. The lowest BCUT2D eigenvalue weighted by Crippen LogP contribution is -2.60. The standard InChI is InChI=1S/C16H33N3/c1-13-12-19(14(2)11-17(13)6)15-7-9-18(10-8-15)16(3,4)5/h13-15H,7-12H2,1-6H3/t13-,14+/m0/s1. The Bertz CT molecular complexity index is 289. The minimum atomic E-state index is 0.339. The molecule has 0 amide bonds. The Hall–Kier alpha value is -0.120. The van der Waals surface area contributed by atoms with Gasteiger partial charge in [0.25, 0.3) is 0 Å². The molecule has 0 aromatic rings. The van der Waals surface area contributed by atoms with E-state index in [1.807, 2.05) is 0 Å². The summed E-state index contributed by atoms with van der Waals surface area (Å²) in [5.41, 5.74) is 0.339. The molecule has 0 saturated carbocycles. The van der Waals surface area contributed by atoms with Crippen molar-refractivity contribution < 1.29 is 0 Å². The van der Waals surface area contributed by atoms with E-state index in [0.717, 1.165) is 6.04 Å². The summed E-state index contributed by atoms with van der Waals surface area (Å²) in [5, 5.41) is 0. The number of hydrogen-bond acceptors (Lipinski definition) is 3. The number of rotatable bonds is 1. The topological polar surface area (TPSA) is 9.72 Å². The third kappa shape index (κ3) is 3.50. The van der Waals surface area contributed by atoms with Gasteiger partial charge in [0.2, 0.25) is 0 Å². The summed E-state index contributed by atoms with van der Waals surface area (Å²) in [5.74, 6) is 0. The number of hydrogen-bond donors (Lipinski definition) is 0. The van der Waals surface area contributed by atoms with Crippen molar-refractivity contribution in [1.29, 1.82) is 0 Å². The fraction of sp³-hybridized carbons (Fsp3) is 1.00. The van der Waals surface area contributed by atoms with Gasteiger partial charge in [0.1, 0.15) is 0 Å². The van der Waals surface area contributed by atoms with Gasteiger partial charge in [-0.2, -0.15) is 0 Å². The molecule has 0 bridgehead atoms. The van der Waals surface area contributed by atoms with E-state index >= 15 is 0 Å². The van der Waals surface area contributed by atoms with Crippen LogP contribution < -0.4 is 0 Å². The SMILES string of the molecule is C[C@@H]1CN(C)[C@@H](C)CN1C1CCN(C(C)(C)C)CC1. The summed E-state index contributed by atoms with van der Waals surface area (Å²) in [4.78, 5) is 7.93. The molecule has 2 heterocycles. The summed E-state index contributed by atoms with van der Waals surface area (Å²) >= 11 is 0. The normalized spacial score (nSPS) is 33.8. The molecule has 0 aromatic heterocycles. The first-order chi connectivity index (χ1) is 8.79. The second-order valence-corrected chi connectivity index (χ2v) is 7.72. The van der Waals surface area contributed by atoms with Crippen molar-refractivity contribution in [2.24, 2.45) is 0 Å². The molecule has 112 valence electrons. The van der Waals surface area contributed by atoms with Gasteiger partial charge in [-0.1, -0.05) is 0 Å². The largest absolute Gasteiger partial charge is 0.301 e. The van der Waals surface area contributed by atoms with Gasteiger partial charge >= 0.3 is 0 Å². The van der Waals surface area contributed by atoms with Crippen LogP contribution in [0.15, 0.2) is 0 Å². The molecule has 0 N–H and O–H groups in total. The van der Waals surface area contributed by atoms with E-state index in [2.05, 4.69) is 56.4 Å². The van der Waals surface area contributed by atoms with Crippen LogP contribution in [0, 0.1) is 0 Å². The molecule has 2 fully saturated rings. The lowest BCUT2D eigenvalue weighted by molar-refractivity contribution is -0.00724. The van der Waals surface area contributed by atoms with Crippen molar-refractivity contribution in [3.8, 4) is 0 Å². The molecule has 0 radical (unpaired) electrons. The smallest absolute Gasteiger partial charge is 0.0198 e. The number of likely N-dealkylation sites (N-methyl/N-ethyl adjacent to an activating group) is 1. The fourth-order valence-electron chi connectivity index (χ4n) is 3.70. The van der Waals surface area contributed by atoms with Gasteiger partial charge in [-0.25, -0.2) is 0 Å². The fourth-order valence-corrected chi connectivity index (χ4v) is 3.70. The van der Waals surface area contributed by atoms with Crippen molar-refractivity contribution in [3.05, 3.63) is 0 Å². The van der Waals surface area contributed by atoms with Gasteiger partial charge in [-0.05, 0) is 54.5 Å². The molecule has 3 nitrogen and oxygen atoms in total. The van der Waals surface area contributed by atoms with Crippen molar-refractivity contribution >= 4 is 0 Å². The van der Waals surface area contributed by atoms with E-state index in [9.17, 15) is 0 Å². The van der Waals surface area contributed by atoms with E-state index in [0.29, 0.717) is 17.6 Å². The van der Waals surface area contributed by atoms with Gasteiger partial charge in [-0.3, -0.25) is 9.80 Å². The molecular formula is C16H33N3. The maximum atomic E-state index is 2.78. The molecule has 2 aliphatic heterocycles. The van der Waals surface area contributed by atoms with Crippen LogP contribution in [0.1, 0.15) is 47.5 Å². The van der Waals surface area contributed by atoms with E-state index in [1.54, 1.807) is 0 Å². The average Bonchev–Trinajstić information content (AvgIpc) is 2.33. The molecule has 2 rings (SSSR count). The van der Waals surface area contributed by atoms with E-state index in [4.69, 9.17) is 0 Å². The molecular weight excluding hydrogens is 234 g/mol. The summed E-state index contributed by atoms with van der Waals surface area (Å²) in [6.07, 6.45) is 2.69. The number of piperazine rings is 1. The maximum Gasteiger partial charge on any atom is 0.0198 e. The highest BCUT2D eigenvalue weighted by molar-refractivity contribution is 4.91. The number of likely N-dealkylation sites (tertiary alicyclic amines) is 1. The maximum absolute atomic E-state index is 2.78. The summed E-state index contributed by atoms with van der Waals surface area (Å²) in [6, 6.07) is 2.23. The highest BCUT2D eigenvalue weighted by Crippen LogP contribution is 2.26. The zero-order valence-corrected chi connectivity index (χ0v) is 13.8. The van der Waals surface area contributed by atoms with Crippen LogP contribution >= 0.6 is 0 Å². The van der Waals surface area contributed by atoms with E-state index in [1.165, 1.54) is 39.0 Å². The summed E-state index contributed by atoms with van der Waals surface area (Å²) < 4.78 is 0. The van der Waals surface area contributed by atoms with E-state index in [-0.39, 0.29) is 0 Å². The second kappa shape index (κ2) is 5.71. The van der Waals surface area contributed by atoms with Crippen LogP contribution in [0.4, 0.5) is 0 Å². The highest BCUT2D eigenvalue weighted by Gasteiger charge is 2.35. The molecule has 3 heteroatoms. The zero-order valence-electron chi connectivity index (χ0n) is 13.8. The lowest BCUT2D eigenvalue weighted by atomic mass is 9.95. The van der Waals surface area contributed by atoms with Crippen LogP contribution in [0.3, 0.4) is 0 Å². The van der Waals surface area contributed by atoms with Crippen molar-refractivity contribution in [2.75, 3.05) is 33.2 Å². The van der Waals surface area contributed by atoms with Gasteiger partial charge < -0.3 is 4.90 Å². The number of piperidine rings is 1. The van der Waals surface area contributed by atoms with Crippen molar-refractivity contribution in [2.45, 2.75) is 71.1 Å². The Morgan fingerprint density at radius 1 is 0.895 bits per heavy atom. The van der Waals surface area contributed by atoms with Gasteiger partial charge in [0, 0.05) is 49.8 Å². The third-order valence-corrected chi connectivity index (χ3v) is 5.23. The molecule has 0 spiro atoms. The van der Waals surface area contributed by atoms with Crippen LogP contribution in [0.25, 0.3) is 0 Å². The van der Waals surface area contributed by atoms with Crippen LogP contribution in [0.5, 0.6) is 0 Å². The summed E-state index contributed by atoms with van der Waals surface area (Å²) in [7, 11) is 2.26. The van der Waals surface area contributed by atoms with Gasteiger partial charge in [-0.15, -0.1) is 0 Å². The Labute approximate surface area is 119 Å². The Morgan fingerprint density at radius 3 is 2.00 bits per heavy atom. The molecule has 2 saturated heterocycles. The Balaban J connectivity index is 1.91. The molecule has 0 unspecified atom stereocenters. The summed E-state index contributed by atoms with van der Waals surface area (Å²) in [6.45, 7) is 16.8. The predicted molar refractivity (Wildman–Crippen MR) is 82.6 cm³/mol. The molecule has 0 aliphatic carbocycles. The quantitative estimate of drug-likeness (QED) is 0.721. The average molecular weight is 267 g/mol. The highest BCUT2D eigenvalue weighted by atomic mass is 15.3. The molecule has 0 aromatic carbocycles. The van der Waals surface area contributed by atoms with Crippen molar-refractivity contribution in [1.82, 2.24) is 14.7 Å². The third-order valence-electron chi connectivity index (χ3n) is 5.23. The van der Waals surface area contributed by atoms with E-state index < -0.39 is 0 Å². The first-order valence-electron chi connectivity index (χ1n) is 8.00. The first kappa shape index (κ1) is 15.3. The van der Waals surface area contributed by atoms with Crippen molar-refractivity contribution in [3.63, 3.8) is 0 Å². The molecule has 2 aliphatic rings. The lowest BCUT2D eigenvalue weighted by Gasteiger charge is -2.49. The molecule has 2 atom stereocenters. The predicted octanol–water partition coefficient (Wildman–Crippen LogP) is 2.27. The van der Waals surface area contributed by atoms with Gasteiger partial charge in [0.05, 0.1) is 0 Å². The zero-order chi connectivity index (χ0) is 14.2. The van der Waals surface area contributed by atoms with Gasteiger partial charge in [0.15, 0.2) is 0 Å². The second-order valence-electron chi connectivity index (χ2n) is 7.72. The van der Waals surface area contributed by atoms with Crippen LogP contribution in [-0.4, -0.2) is 71.6 Å². The van der Waals surface area contributed by atoms with Crippen LogP contribution in [-0.2, 0) is 0 Å². The first-order valence-corrected chi connectivity index (χ1v) is 8.00. The minimum Gasteiger partial charge on any atom is -0.301 e. The van der Waals surface area contributed by atoms with Crippen LogP contribution in [0.2, 0.25) is 0 Å². The molecule has 19 heavy (non-hydrogen) atoms. The number of nitrogens with zero attached hydrogens (tertiary/aromatic N) is 3. The Morgan fingerprint density at radius 2 is 1.47 bits per heavy atom.